The molecular formula is C14H19Cl2N3O2. The lowest BCUT2D eigenvalue weighted by Crippen LogP contribution is -2.41. The quantitative estimate of drug-likeness (QED) is 0.788. The lowest BCUT2D eigenvalue weighted by Gasteiger charge is -2.21. The van der Waals surface area contributed by atoms with E-state index in [1.54, 1.807) is 24.3 Å². The van der Waals surface area contributed by atoms with Gasteiger partial charge in [0.25, 0.3) is 0 Å². The molecule has 1 fully saturated rings. The molecule has 0 aliphatic carbocycles. The summed E-state index contributed by atoms with van der Waals surface area (Å²) in [7, 11) is 0. The van der Waals surface area contributed by atoms with E-state index in [1.165, 1.54) is 0 Å². The van der Waals surface area contributed by atoms with Crippen molar-refractivity contribution in [3.63, 3.8) is 0 Å². The molecule has 0 saturated carbocycles. The summed E-state index contributed by atoms with van der Waals surface area (Å²) in [5.41, 5.74) is 0.663. The minimum absolute atomic E-state index is 0. The highest BCUT2D eigenvalue weighted by Crippen LogP contribution is 2.13. The van der Waals surface area contributed by atoms with Crippen LogP contribution in [-0.4, -0.2) is 31.4 Å². The molecule has 2 rings (SSSR count). The van der Waals surface area contributed by atoms with Crippen molar-refractivity contribution >= 4 is 41.5 Å². The van der Waals surface area contributed by atoms with Gasteiger partial charge in [-0.3, -0.25) is 9.59 Å². The molecule has 116 valence electrons. The van der Waals surface area contributed by atoms with Gasteiger partial charge in [-0.15, -0.1) is 12.4 Å². The van der Waals surface area contributed by atoms with E-state index < -0.39 is 0 Å². The Morgan fingerprint density at radius 3 is 2.43 bits per heavy atom. The summed E-state index contributed by atoms with van der Waals surface area (Å²) in [4.78, 5) is 23.6. The van der Waals surface area contributed by atoms with Gasteiger partial charge in [0.2, 0.25) is 11.8 Å². The van der Waals surface area contributed by atoms with E-state index in [4.69, 9.17) is 11.6 Å². The Labute approximate surface area is 135 Å². The molecule has 1 aromatic rings. The zero-order chi connectivity index (χ0) is 14.4. The van der Waals surface area contributed by atoms with Crippen LogP contribution in [0.15, 0.2) is 24.3 Å². The third-order valence-electron chi connectivity index (χ3n) is 3.26. The van der Waals surface area contributed by atoms with Crippen LogP contribution in [0.2, 0.25) is 5.02 Å². The van der Waals surface area contributed by atoms with Gasteiger partial charge in [0, 0.05) is 16.6 Å². The number of carbonyl (C=O) groups is 2. The predicted molar refractivity (Wildman–Crippen MR) is 85.9 cm³/mol. The molecule has 1 aliphatic heterocycles. The number of amides is 2. The first-order valence-electron chi connectivity index (χ1n) is 6.69. The number of halogens is 2. The average Bonchev–Trinajstić information content (AvgIpc) is 2.48. The molecule has 1 saturated heterocycles. The summed E-state index contributed by atoms with van der Waals surface area (Å²) in [5.74, 6) is -0.271. The topological polar surface area (TPSA) is 70.2 Å². The Morgan fingerprint density at radius 1 is 1.19 bits per heavy atom. The average molecular weight is 332 g/mol. The Bertz CT molecular complexity index is 474. The molecule has 0 unspecified atom stereocenters. The molecule has 21 heavy (non-hydrogen) atoms. The SMILES string of the molecule is Cl.O=C(CNC(=O)C1CCNCC1)Nc1ccc(Cl)cc1. The monoisotopic (exact) mass is 331 g/mol. The van der Waals surface area contributed by atoms with E-state index in [-0.39, 0.29) is 36.7 Å². The number of anilines is 1. The van der Waals surface area contributed by atoms with E-state index in [1.807, 2.05) is 0 Å². The second kappa shape index (κ2) is 8.87. The Morgan fingerprint density at radius 2 is 1.81 bits per heavy atom. The van der Waals surface area contributed by atoms with E-state index in [2.05, 4.69) is 16.0 Å². The Balaban J connectivity index is 0.00000220. The molecule has 1 aromatic carbocycles. The minimum Gasteiger partial charge on any atom is -0.347 e. The molecule has 0 bridgehead atoms. The van der Waals surface area contributed by atoms with Crippen LogP contribution < -0.4 is 16.0 Å². The van der Waals surface area contributed by atoms with Crippen molar-refractivity contribution in [2.24, 2.45) is 5.92 Å². The number of rotatable bonds is 4. The molecule has 1 aliphatic rings. The summed E-state index contributed by atoms with van der Waals surface area (Å²) in [6.45, 7) is 1.70. The van der Waals surface area contributed by atoms with E-state index in [0.717, 1.165) is 25.9 Å². The van der Waals surface area contributed by atoms with Gasteiger partial charge in [0.15, 0.2) is 0 Å². The fraction of sp³-hybridized carbons (Fsp3) is 0.429. The first kappa shape index (κ1) is 17.8. The summed E-state index contributed by atoms with van der Waals surface area (Å²) in [6, 6.07) is 6.83. The van der Waals surface area contributed by atoms with Gasteiger partial charge in [-0.25, -0.2) is 0 Å². The van der Waals surface area contributed by atoms with E-state index in [9.17, 15) is 9.59 Å². The normalized spacial score (nSPS) is 14.9. The van der Waals surface area contributed by atoms with Crippen LogP contribution in [0, 0.1) is 5.92 Å². The van der Waals surface area contributed by atoms with E-state index >= 15 is 0 Å². The lowest BCUT2D eigenvalue weighted by atomic mass is 9.97. The standard InChI is InChI=1S/C14H18ClN3O2.ClH/c15-11-1-3-12(4-2-11)18-13(19)9-17-14(20)10-5-7-16-8-6-10;/h1-4,10,16H,5-9H2,(H,17,20)(H,18,19);1H. The Hall–Kier alpha value is -1.30. The summed E-state index contributed by atoms with van der Waals surface area (Å²) < 4.78 is 0. The van der Waals surface area contributed by atoms with Gasteiger partial charge in [0.05, 0.1) is 6.54 Å². The first-order valence-corrected chi connectivity index (χ1v) is 7.07. The zero-order valence-corrected chi connectivity index (χ0v) is 13.1. The van der Waals surface area contributed by atoms with Crippen LogP contribution in [0.1, 0.15) is 12.8 Å². The molecule has 5 nitrogen and oxygen atoms in total. The molecular weight excluding hydrogens is 313 g/mol. The molecule has 0 radical (unpaired) electrons. The minimum atomic E-state index is -0.241. The lowest BCUT2D eigenvalue weighted by molar-refractivity contribution is -0.127. The van der Waals surface area contributed by atoms with Crippen molar-refractivity contribution in [1.82, 2.24) is 10.6 Å². The third-order valence-corrected chi connectivity index (χ3v) is 3.51. The van der Waals surface area contributed by atoms with Crippen LogP contribution in [0.25, 0.3) is 0 Å². The Kier molecular flexibility index (Phi) is 7.50. The zero-order valence-electron chi connectivity index (χ0n) is 11.5. The van der Waals surface area contributed by atoms with Gasteiger partial charge in [-0.1, -0.05) is 11.6 Å². The second-order valence-electron chi connectivity index (χ2n) is 4.80. The molecule has 1 heterocycles. The highest BCUT2D eigenvalue weighted by molar-refractivity contribution is 6.30. The van der Waals surface area contributed by atoms with E-state index in [0.29, 0.717) is 10.7 Å². The summed E-state index contributed by atoms with van der Waals surface area (Å²) in [5, 5.41) is 9.20. The maximum Gasteiger partial charge on any atom is 0.243 e. The van der Waals surface area contributed by atoms with Crippen molar-refractivity contribution in [2.75, 3.05) is 25.0 Å². The summed E-state index contributed by atoms with van der Waals surface area (Å²) in [6.07, 6.45) is 1.65. The van der Waals surface area contributed by atoms with Crippen molar-refractivity contribution < 1.29 is 9.59 Å². The molecule has 0 aromatic heterocycles. The van der Waals surface area contributed by atoms with Crippen molar-refractivity contribution in [3.8, 4) is 0 Å². The van der Waals surface area contributed by atoms with Gasteiger partial charge in [-0.2, -0.15) is 0 Å². The van der Waals surface area contributed by atoms with Gasteiger partial charge < -0.3 is 16.0 Å². The fourth-order valence-electron chi connectivity index (χ4n) is 2.13. The molecule has 2 amide bonds. The number of benzene rings is 1. The number of hydrogen-bond donors (Lipinski definition) is 3. The molecule has 7 heteroatoms. The second-order valence-corrected chi connectivity index (χ2v) is 5.23. The highest BCUT2D eigenvalue weighted by atomic mass is 35.5. The summed E-state index contributed by atoms with van der Waals surface area (Å²) >= 11 is 5.76. The third kappa shape index (κ3) is 5.91. The van der Waals surface area contributed by atoms with Gasteiger partial charge >= 0.3 is 0 Å². The van der Waals surface area contributed by atoms with Crippen molar-refractivity contribution in [2.45, 2.75) is 12.8 Å². The van der Waals surface area contributed by atoms with Crippen molar-refractivity contribution in [1.29, 1.82) is 0 Å². The maximum atomic E-state index is 11.9. The number of hydrogen-bond acceptors (Lipinski definition) is 3. The number of piperidine rings is 1. The first-order chi connectivity index (χ1) is 9.65. The predicted octanol–water partition coefficient (Wildman–Crippen LogP) is 1.82. The van der Waals surface area contributed by atoms with Crippen LogP contribution in [0.4, 0.5) is 5.69 Å². The maximum absolute atomic E-state index is 11.9. The number of carbonyl (C=O) groups excluding carboxylic acids is 2. The fourth-order valence-corrected chi connectivity index (χ4v) is 2.26. The highest BCUT2D eigenvalue weighted by Gasteiger charge is 2.20. The molecule has 3 N–H and O–H groups in total. The molecule has 0 spiro atoms. The van der Waals surface area contributed by atoms with Crippen LogP contribution in [-0.2, 0) is 9.59 Å². The molecule has 0 atom stereocenters. The van der Waals surface area contributed by atoms with Crippen LogP contribution in [0.5, 0.6) is 0 Å². The van der Waals surface area contributed by atoms with Gasteiger partial charge in [0.1, 0.15) is 0 Å². The smallest absolute Gasteiger partial charge is 0.243 e. The largest absolute Gasteiger partial charge is 0.347 e. The van der Waals surface area contributed by atoms with Gasteiger partial charge in [-0.05, 0) is 50.2 Å². The number of nitrogens with one attached hydrogen (secondary N) is 3. The van der Waals surface area contributed by atoms with Crippen molar-refractivity contribution in [3.05, 3.63) is 29.3 Å². The van der Waals surface area contributed by atoms with Crippen LogP contribution >= 0.6 is 24.0 Å². The van der Waals surface area contributed by atoms with Crippen LogP contribution in [0.3, 0.4) is 0 Å².